The number of rotatable bonds is 0. The van der Waals surface area contributed by atoms with Crippen LogP contribution in [-0.2, 0) is 0 Å². The Hall–Kier alpha value is -0.230. The molecule has 1 aliphatic rings. The molecule has 0 nitrogen and oxygen atoms in total. The van der Waals surface area contributed by atoms with Crippen LogP contribution >= 0.6 is 11.6 Å². The molecule has 0 aromatic rings. The van der Waals surface area contributed by atoms with Gasteiger partial charge in [0.05, 0.1) is 4.87 Å². The van der Waals surface area contributed by atoms with Crippen molar-refractivity contribution in [2.24, 2.45) is 0 Å². The maximum atomic E-state index is 5.98. The van der Waals surface area contributed by atoms with E-state index < -0.39 is 0 Å². The maximum absolute atomic E-state index is 5.98. The Balaban J connectivity index is 2.78. The van der Waals surface area contributed by atoms with E-state index >= 15 is 0 Å². The van der Waals surface area contributed by atoms with E-state index in [2.05, 4.69) is 0 Å². The van der Waals surface area contributed by atoms with E-state index in [1.807, 2.05) is 38.5 Å². The van der Waals surface area contributed by atoms with Crippen molar-refractivity contribution in [1.29, 1.82) is 0 Å². The molecule has 0 aliphatic heterocycles. The standard InChI is InChI=1S/C8H10Cl/c1-7-4-3-5-8(2,9)6-7/h3-6H,1-2H3. The zero-order valence-electron chi connectivity index (χ0n) is 5.69. The molecular weight excluding hydrogens is 132 g/mol. The van der Waals surface area contributed by atoms with Crippen LogP contribution < -0.4 is 0 Å². The first-order chi connectivity index (χ1) is 4.10. The summed E-state index contributed by atoms with van der Waals surface area (Å²) in [5.74, 6) is 0. The van der Waals surface area contributed by atoms with Gasteiger partial charge in [-0.05, 0) is 13.8 Å². The van der Waals surface area contributed by atoms with Crippen molar-refractivity contribution in [3.8, 4) is 0 Å². The molecule has 0 N–H and O–H groups in total. The van der Waals surface area contributed by atoms with Crippen LogP contribution in [0.5, 0.6) is 0 Å². The van der Waals surface area contributed by atoms with Gasteiger partial charge in [0.1, 0.15) is 0 Å². The Kier molecular flexibility index (Phi) is 1.67. The molecule has 0 saturated carbocycles. The quantitative estimate of drug-likeness (QED) is 0.455. The van der Waals surface area contributed by atoms with Crippen molar-refractivity contribution in [1.82, 2.24) is 0 Å². The molecule has 0 heterocycles. The fourth-order valence-electron chi connectivity index (χ4n) is 0.929. The van der Waals surface area contributed by atoms with Crippen molar-refractivity contribution in [2.45, 2.75) is 18.7 Å². The van der Waals surface area contributed by atoms with Gasteiger partial charge in [0.2, 0.25) is 0 Å². The summed E-state index contributed by atoms with van der Waals surface area (Å²) >= 11 is 5.98. The van der Waals surface area contributed by atoms with E-state index in [0.29, 0.717) is 0 Å². The molecular formula is C8H10Cl. The van der Waals surface area contributed by atoms with E-state index in [1.165, 1.54) is 5.57 Å². The summed E-state index contributed by atoms with van der Waals surface area (Å²) < 4.78 is 0. The Bertz CT molecular complexity index is 163. The molecule has 1 aliphatic carbocycles. The first-order valence-corrected chi connectivity index (χ1v) is 3.39. The lowest BCUT2D eigenvalue weighted by Crippen LogP contribution is -2.14. The molecule has 0 bridgehead atoms. The van der Waals surface area contributed by atoms with Gasteiger partial charge >= 0.3 is 0 Å². The SMILES string of the molecule is CC1=CC(C)(Cl)[CH]C=C1. The highest BCUT2D eigenvalue weighted by molar-refractivity contribution is 6.26. The third-order valence-electron chi connectivity index (χ3n) is 1.29. The third-order valence-corrected chi connectivity index (χ3v) is 1.53. The second-order valence-corrected chi connectivity index (χ2v) is 3.38. The topological polar surface area (TPSA) is 0 Å². The second kappa shape index (κ2) is 2.18. The Morgan fingerprint density at radius 2 is 2.22 bits per heavy atom. The number of allylic oxidation sites excluding steroid dienone is 4. The van der Waals surface area contributed by atoms with Gasteiger partial charge in [-0.2, -0.15) is 0 Å². The highest BCUT2D eigenvalue weighted by Crippen LogP contribution is 2.25. The third kappa shape index (κ3) is 1.87. The van der Waals surface area contributed by atoms with E-state index in [-0.39, 0.29) is 4.87 Å². The molecule has 0 amide bonds. The lowest BCUT2D eigenvalue weighted by atomic mass is 9.98. The minimum Gasteiger partial charge on any atom is -0.114 e. The van der Waals surface area contributed by atoms with Crippen LogP contribution in [0.2, 0.25) is 0 Å². The van der Waals surface area contributed by atoms with Crippen molar-refractivity contribution < 1.29 is 0 Å². The van der Waals surface area contributed by atoms with Gasteiger partial charge in [-0.3, -0.25) is 0 Å². The summed E-state index contributed by atoms with van der Waals surface area (Å²) in [6.07, 6.45) is 8.04. The molecule has 9 heavy (non-hydrogen) atoms. The maximum Gasteiger partial charge on any atom is 0.0672 e. The van der Waals surface area contributed by atoms with E-state index in [1.54, 1.807) is 0 Å². The molecule has 0 aromatic heterocycles. The summed E-state index contributed by atoms with van der Waals surface area (Å²) in [6.45, 7) is 4.02. The van der Waals surface area contributed by atoms with Crippen LogP contribution in [0.25, 0.3) is 0 Å². The van der Waals surface area contributed by atoms with Crippen LogP contribution in [0.1, 0.15) is 13.8 Å². The molecule has 1 atom stereocenters. The molecule has 0 aromatic carbocycles. The van der Waals surface area contributed by atoms with Gasteiger partial charge in [0.15, 0.2) is 0 Å². The number of hydrogen-bond donors (Lipinski definition) is 0. The molecule has 0 spiro atoms. The largest absolute Gasteiger partial charge is 0.114 e. The second-order valence-electron chi connectivity index (χ2n) is 2.57. The Morgan fingerprint density at radius 3 is 2.56 bits per heavy atom. The van der Waals surface area contributed by atoms with Crippen LogP contribution in [0, 0.1) is 6.42 Å². The van der Waals surface area contributed by atoms with Crippen molar-refractivity contribution >= 4 is 11.6 Å². The van der Waals surface area contributed by atoms with Gasteiger partial charge in [-0.15, -0.1) is 11.6 Å². The predicted octanol–water partition coefficient (Wildman–Crippen LogP) is 2.70. The summed E-state index contributed by atoms with van der Waals surface area (Å²) in [6, 6.07) is 0. The first-order valence-electron chi connectivity index (χ1n) is 3.01. The van der Waals surface area contributed by atoms with E-state index in [4.69, 9.17) is 11.6 Å². The highest BCUT2D eigenvalue weighted by atomic mass is 35.5. The lowest BCUT2D eigenvalue weighted by molar-refractivity contribution is 0.914. The molecule has 1 rings (SSSR count). The highest BCUT2D eigenvalue weighted by Gasteiger charge is 2.17. The van der Waals surface area contributed by atoms with Crippen LogP contribution in [0.4, 0.5) is 0 Å². The molecule has 0 fully saturated rings. The average Bonchev–Trinajstić information content (AvgIpc) is 1.60. The minimum absolute atomic E-state index is 0.251. The molecule has 0 saturated heterocycles. The van der Waals surface area contributed by atoms with Crippen LogP contribution in [0.15, 0.2) is 23.8 Å². The average molecular weight is 142 g/mol. The van der Waals surface area contributed by atoms with Crippen molar-refractivity contribution in [3.63, 3.8) is 0 Å². The van der Waals surface area contributed by atoms with Gasteiger partial charge in [-0.1, -0.05) is 23.8 Å². The van der Waals surface area contributed by atoms with Crippen molar-refractivity contribution in [2.75, 3.05) is 0 Å². The van der Waals surface area contributed by atoms with Gasteiger partial charge in [0.25, 0.3) is 0 Å². The summed E-state index contributed by atoms with van der Waals surface area (Å²) in [7, 11) is 0. The molecule has 1 radical (unpaired) electrons. The minimum atomic E-state index is -0.251. The van der Waals surface area contributed by atoms with Crippen LogP contribution in [-0.4, -0.2) is 4.87 Å². The smallest absolute Gasteiger partial charge is 0.0672 e. The van der Waals surface area contributed by atoms with Crippen molar-refractivity contribution in [3.05, 3.63) is 30.2 Å². The molecule has 1 heteroatoms. The first kappa shape index (κ1) is 6.88. The summed E-state index contributed by atoms with van der Waals surface area (Å²) in [5.41, 5.74) is 1.23. The van der Waals surface area contributed by atoms with Gasteiger partial charge in [-0.25, -0.2) is 0 Å². The normalized spacial score (nSPS) is 34.3. The monoisotopic (exact) mass is 141 g/mol. The van der Waals surface area contributed by atoms with Gasteiger partial charge in [0, 0.05) is 6.42 Å². The van der Waals surface area contributed by atoms with E-state index in [0.717, 1.165) is 0 Å². The fraction of sp³-hybridized carbons (Fsp3) is 0.375. The number of halogens is 1. The summed E-state index contributed by atoms with van der Waals surface area (Å²) in [5, 5.41) is 0. The summed E-state index contributed by atoms with van der Waals surface area (Å²) in [4.78, 5) is -0.251. The van der Waals surface area contributed by atoms with Crippen LogP contribution in [0.3, 0.4) is 0 Å². The Labute approximate surface area is 61.2 Å². The molecule has 1 unspecified atom stereocenters. The van der Waals surface area contributed by atoms with E-state index in [9.17, 15) is 0 Å². The number of alkyl halides is 1. The fourth-order valence-corrected chi connectivity index (χ4v) is 1.17. The zero-order chi connectivity index (χ0) is 6.91. The zero-order valence-corrected chi connectivity index (χ0v) is 6.44. The molecule has 49 valence electrons. The predicted molar refractivity (Wildman–Crippen MR) is 41.5 cm³/mol. The lowest BCUT2D eigenvalue weighted by Gasteiger charge is -2.18. The number of hydrogen-bond acceptors (Lipinski definition) is 0. The van der Waals surface area contributed by atoms with Gasteiger partial charge < -0.3 is 0 Å². The Morgan fingerprint density at radius 1 is 1.56 bits per heavy atom.